The molecule has 0 saturated heterocycles. The summed E-state index contributed by atoms with van der Waals surface area (Å²) >= 11 is 0. The Morgan fingerprint density at radius 3 is 2.46 bits per heavy atom. The fraction of sp³-hybridized carbons (Fsp3) is 0.0556. The largest absolute Gasteiger partial charge is 0.494 e. The Balaban J connectivity index is 2.15. The highest BCUT2D eigenvalue weighted by Crippen LogP contribution is 2.29. The predicted molar refractivity (Wildman–Crippen MR) is 99.0 cm³/mol. The number of nitriles is 1. The van der Waals surface area contributed by atoms with Crippen LogP contribution in [-0.4, -0.2) is 29.0 Å². The quantitative estimate of drug-likeness (QED) is 0.286. The van der Waals surface area contributed by atoms with E-state index in [1.165, 1.54) is 49.6 Å². The van der Waals surface area contributed by atoms with Crippen molar-refractivity contribution in [3.8, 4) is 11.8 Å². The maximum absolute atomic E-state index is 12.2. The maximum Gasteiger partial charge on any atom is 0.335 e. The lowest BCUT2D eigenvalue weighted by Crippen LogP contribution is -2.14. The van der Waals surface area contributed by atoms with Crippen molar-refractivity contribution in [1.82, 2.24) is 0 Å². The van der Waals surface area contributed by atoms with E-state index in [1.54, 1.807) is 6.07 Å². The molecule has 142 valence electrons. The average Bonchev–Trinajstić information content (AvgIpc) is 2.68. The number of nitro benzene ring substituents is 1. The van der Waals surface area contributed by atoms with Crippen molar-refractivity contribution >= 4 is 28.9 Å². The van der Waals surface area contributed by atoms with E-state index in [0.29, 0.717) is 11.4 Å². The topological polar surface area (TPSA) is 155 Å². The molecule has 0 aliphatic carbocycles. The standard InChI is InChI=1S/C18H14N4O6/c1-28-16-8-14(22(26)27)6-7-15(16)20-10-12(9-19)17(23)21-13-4-2-11(3-5-13)18(24)25/h2-8,10,20H,1H3,(H,21,23)(H,24,25)/b12-10-. The van der Waals surface area contributed by atoms with Crippen molar-refractivity contribution in [3.05, 3.63) is 69.9 Å². The third kappa shape index (κ3) is 4.83. The smallest absolute Gasteiger partial charge is 0.335 e. The van der Waals surface area contributed by atoms with E-state index in [4.69, 9.17) is 9.84 Å². The molecule has 10 nitrogen and oxygen atoms in total. The first-order chi connectivity index (χ1) is 13.3. The van der Waals surface area contributed by atoms with Gasteiger partial charge in [0, 0.05) is 18.0 Å². The number of nitrogens with one attached hydrogen (secondary N) is 2. The number of ether oxygens (including phenoxy) is 1. The van der Waals surface area contributed by atoms with Gasteiger partial charge in [-0.3, -0.25) is 14.9 Å². The lowest BCUT2D eigenvalue weighted by molar-refractivity contribution is -0.384. The Hall–Kier alpha value is -4.39. The van der Waals surface area contributed by atoms with Crippen LogP contribution in [0, 0.1) is 21.4 Å². The molecule has 0 saturated carbocycles. The van der Waals surface area contributed by atoms with Gasteiger partial charge in [0.2, 0.25) is 0 Å². The molecular weight excluding hydrogens is 368 g/mol. The van der Waals surface area contributed by atoms with E-state index < -0.39 is 16.8 Å². The number of carboxylic acid groups (broad SMARTS) is 1. The average molecular weight is 382 g/mol. The number of nitrogens with zero attached hydrogens (tertiary/aromatic N) is 2. The number of aromatic carboxylic acids is 1. The number of benzene rings is 2. The Morgan fingerprint density at radius 2 is 1.93 bits per heavy atom. The first kappa shape index (κ1) is 19.9. The van der Waals surface area contributed by atoms with Crippen LogP contribution in [0.4, 0.5) is 17.1 Å². The summed E-state index contributed by atoms with van der Waals surface area (Å²) in [6.07, 6.45) is 1.13. The molecule has 2 aromatic carbocycles. The molecule has 0 unspecified atom stereocenters. The molecular formula is C18H14N4O6. The number of hydrogen-bond donors (Lipinski definition) is 3. The number of non-ortho nitro benzene ring substituents is 1. The van der Waals surface area contributed by atoms with Crippen LogP contribution in [0.1, 0.15) is 10.4 Å². The van der Waals surface area contributed by atoms with Crippen LogP contribution in [0.2, 0.25) is 0 Å². The highest BCUT2D eigenvalue weighted by atomic mass is 16.6. The second-order valence-electron chi connectivity index (χ2n) is 5.29. The second kappa shape index (κ2) is 8.81. The van der Waals surface area contributed by atoms with E-state index in [-0.39, 0.29) is 22.6 Å². The van der Waals surface area contributed by atoms with Crippen molar-refractivity contribution in [3.63, 3.8) is 0 Å². The number of carbonyl (C=O) groups excluding carboxylic acids is 1. The molecule has 0 aliphatic rings. The number of rotatable bonds is 7. The fourth-order valence-electron chi connectivity index (χ4n) is 2.11. The normalized spacial score (nSPS) is 10.5. The molecule has 0 fully saturated rings. The number of carbonyl (C=O) groups is 2. The van der Waals surface area contributed by atoms with Crippen molar-refractivity contribution in [2.45, 2.75) is 0 Å². The zero-order valence-corrected chi connectivity index (χ0v) is 14.5. The molecule has 0 aliphatic heterocycles. The minimum absolute atomic E-state index is 0.0565. The number of amides is 1. The van der Waals surface area contributed by atoms with Crippen LogP contribution < -0.4 is 15.4 Å². The minimum atomic E-state index is -1.10. The summed E-state index contributed by atoms with van der Waals surface area (Å²) in [5, 5.41) is 34.0. The molecule has 3 N–H and O–H groups in total. The lowest BCUT2D eigenvalue weighted by Gasteiger charge is -2.09. The van der Waals surface area contributed by atoms with E-state index in [9.17, 15) is 25.0 Å². The van der Waals surface area contributed by atoms with Gasteiger partial charge in [-0.1, -0.05) is 0 Å². The Kier molecular flexibility index (Phi) is 6.27. The molecule has 0 bridgehead atoms. The van der Waals surface area contributed by atoms with Gasteiger partial charge in [0.1, 0.15) is 17.4 Å². The van der Waals surface area contributed by atoms with Crippen molar-refractivity contribution < 1.29 is 24.4 Å². The summed E-state index contributed by atoms with van der Waals surface area (Å²) < 4.78 is 5.06. The van der Waals surface area contributed by atoms with Gasteiger partial charge in [0.05, 0.1) is 29.4 Å². The van der Waals surface area contributed by atoms with Crippen molar-refractivity contribution in [2.75, 3.05) is 17.7 Å². The van der Waals surface area contributed by atoms with E-state index in [1.807, 2.05) is 0 Å². The van der Waals surface area contributed by atoms with Gasteiger partial charge in [0.15, 0.2) is 0 Å². The Bertz CT molecular complexity index is 992. The maximum atomic E-state index is 12.2. The Morgan fingerprint density at radius 1 is 1.25 bits per heavy atom. The van der Waals surface area contributed by atoms with Gasteiger partial charge in [-0.25, -0.2) is 4.79 Å². The van der Waals surface area contributed by atoms with Gasteiger partial charge in [-0.05, 0) is 30.3 Å². The summed E-state index contributed by atoms with van der Waals surface area (Å²) in [6, 6.07) is 11.0. The Labute approximate surface area is 158 Å². The van der Waals surface area contributed by atoms with Crippen molar-refractivity contribution in [1.29, 1.82) is 5.26 Å². The van der Waals surface area contributed by atoms with Gasteiger partial charge in [-0.2, -0.15) is 5.26 Å². The summed E-state index contributed by atoms with van der Waals surface area (Å²) in [5.41, 5.74) is 0.238. The van der Waals surface area contributed by atoms with E-state index in [0.717, 1.165) is 6.20 Å². The SMILES string of the molecule is COc1cc([N+](=O)[O-])ccc1N/C=C(/C#N)C(=O)Nc1ccc(C(=O)O)cc1. The number of methoxy groups -OCH3 is 1. The highest BCUT2D eigenvalue weighted by molar-refractivity contribution is 6.06. The zero-order valence-electron chi connectivity index (χ0n) is 14.5. The molecule has 0 heterocycles. The monoisotopic (exact) mass is 382 g/mol. The molecule has 1 amide bonds. The predicted octanol–water partition coefficient (Wildman–Crippen LogP) is 2.76. The van der Waals surface area contributed by atoms with Crippen molar-refractivity contribution in [2.24, 2.45) is 0 Å². The number of carboxylic acids is 1. The van der Waals surface area contributed by atoms with Crippen LogP contribution in [-0.2, 0) is 4.79 Å². The number of nitro groups is 1. The molecule has 0 radical (unpaired) electrons. The van der Waals surface area contributed by atoms with Gasteiger partial charge >= 0.3 is 5.97 Å². The highest BCUT2D eigenvalue weighted by Gasteiger charge is 2.13. The first-order valence-corrected chi connectivity index (χ1v) is 7.69. The summed E-state index contributed by atoms with van der Waals surface area (Å²) in [6.45, 7) is 0. The van der Waals surface area contributed by atoms with Crippen LogP contribution in [0.25, 0.3) is 0 Å². The number of hydrogen-bond acceptors (Lipinski definition) is 7. The summed E-state index contributed by atoms with van der Waals surface area (Å²) in [7, 11) is 1.33. The van der Waals surface area contributed by atoms with Crippen LogP contribution in [0.3, 0.4) is 0 Å². The molecule has 0 aromatic heterocycles. The first-order valence-electron chi connectivity index (χ1n) is 7.69. The van der Waals surface area contributed by atoms with Crippen LogP contribution >= 0.6 is 0 Å². The molecule has 10 heteroatoms. The van der Waals surface area contributed by atoms with Gasteiger partial charge in [-0.15, -0.1) is 0 Å². The lowest BCUT2D eigenvalue weighted by atomic mass is 10.2. The minimum Gasteiger partial charge on any atom is -0.494 e. The zero-order chi connectivity index (χ0) is 20.7. The number of anilines is 2. The van der Waals surface area contributed by atoms with Gasteiger partial charge in [0.25, 0.3) is 11.6 Å². The van der Waals surface area contributed by atoms with Crippen LogP contribution in [0.5, 0.6) is 5.75 Å². The van der Waals surface area contributed by atoms with Gasteiger partial charge < -0.3 is 20.5 Å². The second-order valence-corrected chi connectivity index (χ2v) is 5.29. The third-order valence-electron chi connectivity index (χ3n) is 3.52. The molecule has 28 heavy (non-hydrogen) atoms. The molecule has 0 spiro atoms. The molecule has 2 rings (SSSR count). The molecule has 2 aromatic rings. The van der Waals surface area contributed by atoms with Crippen LogP contribution in [0.15, 0.2) is 54.2 Å². The third-order valence-corrected chi connectivity index (χ3v) is 3.52. The summed E-state index contributed by atoms with van der Waals surface area (Å²) in [4.78, 5) is 33.3. The van der Waals surface area contributed by atoms with E-state index >= 15 is 0 Å². The molecule has 0 atom stereocenters. The fourth-order valence-corrected chi connectivity index (χ4v) is 2.11. The van der Waals surface area contributed by atoms with E-state index in [2.05, 4.69) is 10.6 Å². The summed E-state index contributed by atoms with van der Waals surface area (Å²) in [5.74, 6) is -1.66.